The fraction of sp³-hybridized carbons (Fsp3) is 0.444. The first-order chi connectivity index (χ1) is 15.3. The van der Waals surface area contributed by atoms with Gasteiger partial charge in [0.05, 0.1) is 12.7 Å². The number of esters is 1. The van der Waals surface area contributed by atoms with Crippen molar-refractivity contribution in [3.05, 3.63) is 70.3 Å². The molecule has 0 unspecified atom stereocenters. The average Bonchev–Trinajstić information content (AvgIpc) is 2.81. The number of hydrogen-bond acceptors (Lipinski definition) is 4. The zero-order valence-electron chi connectivity index (χ0n) is 19.4. The molecule has 0 aromatic heterocycles. The fourth-order valence-corrected chi connectivity index (χ4v) is 4.95. The summed E-state index contributed by atoms with van der Waals surface area (Å²) in [4.78, 5) is 16.7. The predicted molar refractivity (Wildman–Crippen MR) is 132 cm³/mol. The molecule has 1 saturated heterocycles. The summed E-state index contributed by atoms with van der Waals surface area (Å²) in [6.07, 6.45) is 3.53. The molecule has 0 atom stereocenters. The number of nitrogens with zero attached hydrogens (tertiary/aromatic N) is 2. The Morgan fingerprint density at radius 1 is 1.00 bits per heavy atom. The van der Waals surface area contributed by atoms with Crippen molar-refractivity contribution in [2.75, 3.05) is 44.7 Å². The first kappa shape index (κ1) is 22.9. The van der Waals surface area contributed by atoms with Crippen molar-refractivity contribution in [2.45, 2.75) is 33.1 Å². The standard InChI is InChI=1S/C27H33ClN2O2/c1-27(2)13-12-22(25(18-27)20-4-8-23(28)9-5-20)19-29-14-16-30(17-15-29)24-10-6-21(7-11-24)26(31)32-3/h4-11H,12-19H2,1-3H3. The van der Waals surface area contributed by atoms with Crippen LogP contribution >= 0.6 is 11.6 Å². The van der Waals surface area contributed by atoms with Crippen molar-refractivity contribution >= 4 is 28.8 Å². The fourth-order valence-electron chi connectivity index (χ4n) is 4.82. The summed E-state index contributed by atoms with van der Waals surface area (Å²) < 4.78 is 4.80. The third-order valence-corrected chi connectivity index (χ3v) is 7.07. The highest BCUT2D eigenvalue weighted by Gasteiger charge is 2.29. The number of anilines is 1. The highest BCUT2D eigenvalue weighted by Crippen LogP contribution is 2.43. The van der Waals surface area contributed by atoms with Crippen molar-refractivity contribution < 1.29 is 9.53 Å². The van der Waals surface area contributed by atoms with Crippen LogP contribution in [-0.2, 0) is 4.74 Å². The Kier molecular flexibility index (Phi) is 6.92. The monoisotopic (exact) mass is 452 g/mol. The molecule has 2 aliphatic rings. The lowest BCUT2D eigenvalue weighted by atomic mass is 9.72. The minimum atomic E-state index is -0.290. The van der Waals surface area contributed by atoms with Gasteiger partial charge >= 0.3 is 5.97 Å². The molecule has 1 fully saturated rings. The van der Waals surface area contributed by atoms with E-state index in [9.17, 15) is 4.79 Å². The van der Waals surface area contributed by atoms with Crippen LogP contribution in [0.1, 0.15) is 49.0 Å². The molecule has 2 aromatic carbocycles. The van der Waals surface area contributed by atoms with Gasteiger partial charge in [-0.25, -0.2) is 4.79 Å². The SMILES string of the molecule is COC(=O)c1ccc(N2CCN(CC3=C(c4ccc(Cl)cc4)CC(C)(C)CC3)CC2)cc1. The number of carbonyl (C=O) groups is 1. The first-order valence-electron chi connectivity index (χ1n) is 11.5. The minimum absolute atomic E-state index is 0.290. The maximum absolute atomic E-state index is 11.7. The van der Waals surface area contributed by atoms with Crippen LogP contribution in [0.2, 0.25) is 5.02 Å². The second kappa shape index (κ2) is 9.68. The number of allylic oxidation sites excluding steroid dienone is 1. The van der Waals surface area contributed by atoms with Crippen molar-refractivity contribution in [3.63, 3.8) is 0 Å². The Labute approximate surface area is 196 Å². The first-order valence-corrected chi connectivity index (χ1v) is 11.8. The lowest BCUT2D eigenvalue weighted by Crippen LogP contribution is -2.47. The van der Waals surface area contributed by atoms with E-state index < -0.39 is 0 Å². The lowest BCUT2D eigenvalue weighted by Gasteiger charge is -2.39. The molecule has 0 saturated carbocycles. The Morgan fingerprint density at radius 3 is 2.28 bits per heavy atom. The summed E-state index contributed by atoms with van der Waals surface area (Å²) in [7, 11) is 1.41. The largest absolute Gasteiger partial charge is 0.465 e. The Morgan fingerprint density at radius 2 is 1.66 bits per heavy atom. The van der Waals surface area contributed by atoms with Gasteiger partial charge in [0.2, 0.25) is 0 Å². The molecule has 32 heavy (non-hydrogen) atoms. The molecule has 0 radical (unpaired) electrons. The lowest BCUT2D eigenvalue weighted by molar-refractivity contribution is 0.0600. The summed E-state index contributed by atoms with van der Waals surface area (Å²) >= 11 is 6.14. The molecule has 0 spiro atoms. The topological polar surface area (TPSA) is 32.8 Å². The zero-order chi connectivity index (χ0) is 22.7. The van der Waals surface area contributed by atoms with E-state index in [1.807, 2.05) is 36.4 Å². The van der Waals surface area contributed by atoms with Crippen LogP contribution in [0.15, 0.2) is 54.1 Å². The van der Waals surface area contributed by atoms with Crippen LogP contribution in [0.3, 0.4) is 0 Å². The predicted octanol–water partition coefficient (Wildman–Crippen LogP) is 5.91. The van der Waals surface area contributed by atoms with E-state index in [0.29, 0.717) is 11.0 Å². The van der Waals surface area contributed by atoms with Gasteiger partial charge in [-0.05, 0) is 72.2 Å². The molecule has 1 aliphatic carbocycles. The molecule has 2 aromatic rings. The number of hydrogen-bond donors (Lipinski definition) is 0. The molecule has 0 amide bonds. The molecule has 1 aliphatic heterocycles. The summed E-state index contributed by atoms with van der Waals surface area (Å²) in [6.45, 7) is 9.87. The second-order valence-electron chi connectivity index (χ2n) is 9.73. The van der Waals surface area contributed by atoms with Crippen LogP contribution in [-0.4, -0.2) is 50.7 Å². The van der Waals surface area contributed by atoms with Crippen molar-refractivity contribution in [3.8, 4) is 0 Å². The van der Waals surface area contributed by atoms with Gasteiger partial charge in [0.25, 0.3) is 0 Å². The molecule has 0 N–H and O–H groups in total. The molecule has 170 valence electrons. The number of methoxy groups -OCH3 is 1. The molecule has 1 heterocycles. The maximum atomic E-state index is 11.7. The third kappa shape index (κ3) is 5.36. The van der Waals surface area contributed by atoms with Gasteiger partial charge in [-0.3, -0.25) is 4.90 Å². The normalized spacial score (nSPS) is 19.2. The van der Waals surface area contributed by atoms with Gasteiger partial charge in [-0.1, -0.05) is 43.2 Å². The number of ether oxygens (including phenoxy) is 1. The van der Waals surface area contributed by atoms with Gasteiger partial charge in [0, 0.05) is 43.4 Å². The van der Waals surface area contributed by atoms with E-state index in [0.717, 1.165) is 49.9 Å². The van der Waals surface area contributed by atoms with E-state index in [1.54, 1.807) is 5.57 Å². The second-order valence-corrected chi connectivity index (χ2v) is 10.2. The smallest absolute Gasteiger partial charge is 0.337 e. The van der Waals surface area contributed by atoms with Gasteiger partial charge in [-0.2, -0.15) is 0 Å². The highest BCUT2D eigenvalue weighted by molar-refractivity contribution is 6.30. The Hall–Kier alpha value is -2.30. The quantitative estimate of drug-likeness (QED) is 0.528. The van der Waals surface area contributed by atoms with E-state index in [2.05, 4.69) is 35.8 Å². The molecule has 5 heteroatoms. The van der Waals surface area contributed by atoms with Gasteiger partial charge < -0.3 is 9.64 Å². The number of rotatable bonds is 5. The van der Waals surface area contributed by atoms with E-state index in [4.69, 9.17) is 16.3 Å². The molecule has 4 rings (SSSR count). The summed E-state index contributed by atoms with van der Waals surface area (Å²) in [5, 5.41) is 0.793. The van der Waals surface area contributed by atoms with E-state index in [-0.39, 0.29) is 5.97 Å². The van der Waals surface area contributed by atoms with Gasteiger partial charge in [-0.15, -0.1) is 0 Å². The summed E-state index contributed by atoms with van der Waals surface area (Å²) in [5.74, 6) is -0.290. The van der Waals surface area contributed by atoms with E-state index >= 15 is 0 Å². The summed E-state index contributed by atoms with van der Waals surface area (Å²) in [5.41, 5.74) is 6.52. The van der Waals surface area contributed by atoms with Crippen LogP contribution < -0.4 is 4.90 Å². The zero-order valence-corrected chi connectivity index (χ0v) is 20.1. The number of benzene rings is 2. The average molecular weight is 453 g/mol. The van der Waals surface area contributed by atoms with Crippen LogP contribution in [0.5, 0.6) is 0 Å². The third-order valence-electron chi connectivity index (χ3n) is 6.82. The van der Waals surface area contributed by atoms with Crippen molar-refractivity contribution in [1.29, 1.82) is 0 Å². The minimum Gasteiger partial charge on any atom is -0.465 e. The van der Waals surface area contributed by atoms with Crippen molar-refractivity contribution in [2.24, 2.45) is 5.41 Å². The molecule has 4 nitrogen and oxygen atoms in total. The van der Waals surface area contributed by atoms with Crippen molar-refractivity contribution in [1.82, 2.24) is 4.90 Å². The maximum Gasteiger partial charge on any atom is 0.337 e. The number of piperazine rings is 1. The number of halogens is 1. The van der Waals surface area contributed by atoms with Gasteiger partial charge in [0.1, 0.15) is 0 Å². The molecular formula is C27H33ClN2O2. The Balaban J connectivity index is 1.43. The molecular weight excluding hydrogens is 420 g/mol. The van der Waals surface area contributed by atoms with Gasteiger partial charge in [0.15, 0.2) is 0 Å². The molecule has 0 bridgehead atoms. The highest BCUT2D eigenvalue weighted by atomic mass is 35.5. The van der Waals surface area contributed by atoms with Crippen LogP contribution in [0.25, 0.3) is 5.57 Å². The van der Waals surface area contributed by atoms with E-state index in [1.165, 1.54) is 31.1 Å². The van der Waals surface area contributed by atoms with Crippen LogP contribution in [0.4, 0.5) is 5.69 Å². The number of carbonyl (C=O) groups excluding carboxylic acids is 1. The van der Waals surface area contributed by atoms with Crippen LogP contribution in [0, 0.1) is 5.41 Å². The Bertz CT molecular complexity index is 972. The summed E-state index contributed by atoms with van der Waals surface area (Å²) in [6, 6.07) is 16.1.